The summed E-state index contributed by atoms with van der Waals surface area (Å²) in [6.07, 6.45) is 5.55. The summed E-state index contributed by atoms with van der Waals surface area (Å²) < 4.78 is 11.7. The van der Waals surface area contributed by atoms with Gasteiger partial charge in [0, 0.05) is 12.1 Å². The van der Waals surface area contributed by atoms with Crippen molar-refractivity contribution in [2.24, 2.45) is 0 Å². The Labute approximate surface area is 138 Å². The molecule has 2 aliphatic rings. The van der Waals surface area contributed by atoms with Crippen molar-refractivity contribution in [3.05, 3.63) is 36.3 Å². The molecule has 2 aliphatic heterocycles. The van der Waals surface area contributed by atoms with Crippen molar-refractivity contribution in [3.63, 3.8) is 0 Å². The highest BCUT2D eigenvalue weighted by Crippen LogP contribution is 2.44. The maximum absolute atomic E-state index is 5.92. The molecule has 2 aromatic heterocycles. The number of H-pyrrole nitrogens is 1. The van der Waals surface area contributed by atoms with Gasteiger partial charge in [-0.15, -0.1) is 0 Å². The summed E-state index contributed by atoms with van der Waals surface area (Å²) in [5.74, 6) is 2.63. The maximum Gasteiger partial charge on any atom is 0.166 e. The molecule has 1 N–H and O–H groups in total. The minimum Gasteiger partial charge on any atom is -0.486 e. The van der Waals surface area contributed by atoms with E-state index in [2.05, 4.69) is 31.1 Å². The Kier molecular flexibility index (Phi) is 3.04. The molecule has 1 fully saturated rings. The van der Waals surface area contributed by atoms with Gasteiger partial charge >= 0.3 is 0 Å². The predicted molar refractivity (Wildman–Crippen MR) is 88.4 cm³/mol. The molecule has 0 saturated carbocycles. The van der Waals surface area contributed by atoms with Gasteiger partial charge in [-0.2, -0.15) is 5.10 Å². The zero-order chi connectivity index (χ0) is 15.9. The lowest BCUT2D eigenvalue weighted by molar-refractivity contribution is 0.169. The number of aromatic amines is 1. The molecule has 1 aromatic carbocycles. The van der Waals surface area contributed by atoms with E-state index in [9.17, 15) is 0 Å². The Morgan fingerprint density at radius 1 is 1.17 bits per heavy atom. The third-order valence-electron chi connectivity index (χ3n) is 4.71. The molecule has 24 heavy (non-hydrogen) atoms. The highest BCUT2D eigenvalue weighted by molar-refractivity contribution is 5.86. The highest BCUT2D eigenvalue weighted by Gasteiger charge is 2.32. The summed E-state index contributed by atoms with van der Waals surface area (Å²) in [6.45, 7) is 2.15. The van der Waals surface area contributed by atoms with Crippen molar-refractivity contribution in [2.75, 3.05) is 24.7 Å². The van der Waals surface area contributed by atoms with Crippen molar-refractivity contribution in [2.45, 2.75) is 18.9 Å². The molecule has 0 spiro atoms. The first-order valence-electron chi connectivity index (χ1n) is 8.21. The first-order chi connectivity index (χ1) is 11.9. The summed E-state index contributed by atoms with van der Waals surface area (Å²) in [4.78, 5) is 11.1. The average molecular weight is 323 g/mol. The van der Waals surface area contributed by atoms with Crippen LogP contribution < -0.4 is 14.4 Å². The first-order valence-corrected chi connectivity index (χ1v) is 8.21. The van der Waals surface area contributed by atoms with Crippen LogP contribution in [0.5, 0.6) is 11.5 Å². The number of hydrogen-bond acceptors (Lipinski definition) is 6. The Hall–Kier alpha value is -2.83. The van der Waals surface area contributed by atoms with E-state index in [-0.39, 0.29) is 6.04 Å². The molecule has 1 atom stereocenters. The number of rotatable bonds is 2. The average Bonchev–Trinajstić information content (AvgIpc) is 3.30. The largest absolute Gasteiger partial charge is 0.486 e. The van der Waals surface area contributed by atoms with E-state index >= 15 is 0 Å². The molecule has 0 unspecified atom stereocenters. The zero-order valence-electron chi connectivity index (χ0n) is 13.1. The second-order valence-corrected chi connectivity index (χ2v) is 6.05. The second-order valence-electron chi connectivity index (χ2n) is 6.05. The predicted octanol–water partition coefficient (Wildman–Crippen LogP) is 2.47. The standard InChI is InChI=1S/C17H17N5O2/c1-3-11(15-14(5-1)23-7-8-24-15)13-4-2-6-22(13)17-12-9-20-21-16(12)18-10-19-17/h1,3,5,9-10,13H,2,4,6-8H2,(H,18,19,20,21)/t13-/m0/s1. The Morgan fingerprint density at radius 3 is 3.12 bits per heavy atom. The van der Waals surface area contributed by atoms with Crippen LogP contribution in [0.1, 0.15) is 24.4 Å². The van der Waals surface area contributed by atoms with Crippen LogP contribution in [0.15, 0.2) is 30.7 Å². The van der Waals surface area contributed by atoms with Crippen LogP contribution in [-0.4, -0.2) is 39.9 Å². The third kappa shape index (κ3) is 2.01. The molecular formula is C17H17N5O2. The number of fused-ring (bicyclic) bond motifs is 2. The fraction of sp³-hybridized carbons (Fsp3) is 0.353. The van der Waals surface area contributed by atoms with E-state index in [1.54, 1.807) is 12.5 Å². The van der Waals surface area contributed by atoms with Gasteiger partial charge in [0.2, 0.25) is 0 Å². The summed E-state index contributed by atoms with van der Waals surface area (Å²) in [5.41, 5.74) is 1.93. The molecule has 0 aliphatic carbocycles. The van der Waals surface area contributed by atoms with E-state index in [0.29, 0.717) is 13.2 Å². The van der Waals surface area contributed by atoms with Gasteiger partial charge in [-0.1, -0.05) is 12.1 Å². The van der Waals surface area contributed by atoms with Gasteiger partial charge in [0.15, 0.2) is 17.1 Å². The summed E-state index contributed by atoms with van der Waals surface area (Å²) in [6, 6.07) is 6.35. The lowest BCUT2D eigenvalue weighted by Crippen LogP contribution is -2.25. The van der Waals surface area contributed by atoms with Gasteiger partial charge in [0.05, 0.1) is 17.6 Å². The smallest absolute Gasteiger partial charge is 0.166 e. The number of aromatic nitrogens is 4. The number of benzene rings is 1. The van der Waals surface area contributed by atoms with Crippen LogP contribution in [0.2, 0.25) is 0 Å². The lowest BCUT2D eigenvalue weighted by atomic mass is 10.0. The van der Waals surface area contributed by atoms with E-state index in [1.807, 2.05) is 12.1 Å². The monoisotopic (exact) mass is 323 g/mol. The SMILES string of the molecule is c1cc2c(c([C@@H]3CCCN3c3ncnc4[nH]ncc34)c1)OCCO2. The van der Waals surface area contributed by atoms with Gasteiger partial charge < -0.3 is 14.4 Å². The normalized spacial score (nSPS) is 19.8. The molecular weight excluding hydrogens is 306 g/mol. The molecule has 7 heteroatoms. The molecule has 4 heterocycles. The minimum atomic E-state index is 0.217. The van der Waals surface area contributed by atoms with Crippen LogP contribution in [0.4, 0.5) is 5.82 Å². The Bertz CT molecular complexity index is 894. The summed E-state index contributed by atoms with van der Waals surface area (Å²) >= 11 is 0. The van der Waals surface area contributed by atoms with E-state index in [0.717, 1.165) is 47.7 Å². The van der Waals surface area contributed by atoms with E-state index in [1.165, 1.54) is 5.56 Å². The molecule has 7 nitrogen and oxygen atoms in total. The van der Waals surface area contributed by atoms with Gasteiger partial charge in [-0.3, -0.25) is 5.10 Å². The third-order valence-corrected chi connectivity index (χ3v) is 4.71. The number of nitrogens with zero attached hydrogens (tertiary/aromatic N) is 4. The van der Waals surface area contributed by atoms with Crippen molar-refractivity contribution in [3.8, 4) is 11.5 Å². The lowest BCUT2D eigenvalue weighted by Gasteiger charge is -2.29. The molecule has 122 valence electrons. The number of para-hydroxylation sites is 1. The second kappa shape index (κ2) is 5.36. The molecule has 1 saturated heterocycles. The van der Waals surface area contributed by atoms with Crippen LogP contribution in [-0.2, 0) is 0 Å². The Balaban J connectivity index is 1.60. The van der Waals surface area contributed by atoms with Crippen LogP contribution in [0.3, 0.4) is 0 Å². The first kappa shape index (κ1) is 13.6. The number of hydrogen-bond donors (Lipinski definition) is 1. The quantitative estimate of drug-likeness (QED) is 0.781. The molecule has 0 radical (unpaired) electrons. The number of anilines is 1. The van der Waals surface area contributed by atoms with Crippen molar-refractivity contribution in [1.82, 2.24) is 20.2 Å². The molecule has 5 rings (SSSR count). The molecule has 0 amide bonds. The highest BCUT2D eigenvalue weighted by atomic mass is 16.6. The van der Waals surface area contributed by atoms with Crippen LogP contribution >= 0.6 is 0 Å². The fourth-order valence-corrected chi connectivity index (χ4v) is 3.68. The minimum absolute atomic E-state index is 0.217. The molecule has 0 bridgehead atoms. The van der Waals surface area contributed by atoms with Crippen molar-refractivity contribution >= 4 is 16.9 Å². The zero-order valence-corrected chi connectivity index (χ0v) is 13.1. The summed E-state index contributed by atoms with van der Waals surface area (Å²) in [7, 11) is 0. The van der Waals surface area contributed by atoms with Gasteiger partial charge in [0.1, 0.15) is 25.4 Å². The topological polar surface area (TPSA) is 76.2 Å². The van der Waals surface area contributed by atoms with Gasteiger partial charge in [-0.05, 0) is 18.9 Å². The molecule has 3 aromatic rings. The van der Waals surface area contributed by atoms with Crippen LogP contribution in [0, 0.1) is 0 Å². The summed E-state index contributed by atoms with van der Waals surface area (Å²) in [5, 5.41) is 7.97. The van der Waals surface area contributed by atoms with Gasteiger partial charge in [0.25, 0.3) is 0 Å². The Morgan fingerprint density at radius 2 is 2.12 bits per heavy atom. The maximum atomic E-state index is 5.92. The van der Waals surface area contributed by atoms with Crippen molar-refractivity contribution < 1.29 is 9.47 Å². The number of nitrogens with one attached hydrogen (secondary N) is 1. The number of ether oxygens (including phenoxy) is 2. The van der Waals surface area contributed by atoms with E-state index in [4.69, 9.17) is 9.47 Å². The fourth-order valence-electron chi connectivity index (χ4n) is 3.68. The van der Waals surface area contributed by atoms with Crippen molar-refractivity contribution in [1.29, 1.82) is 0 Å². The van der Waals surface area contributed by atoms with E-state index < -0.39 is 0 Å². The van der Waals surface area contributed by atoms with Crippen LogP contribution in [0.25, 0.3) is 11.0 Å². The van der Waals surface area contributed by atoms with Gasteiger partial charge in [-0.25, -0.2) is 9.97 Å².